The molecule has 0 radical (unpaired) electrons. The molecule has 0 saturated carbocycles. The fourth-order valence-corrected chi connectivity index (χ4v) is 3.86. The van der Waals surface area contributed by atoms with Gasteiger partial charge in [0.2, 0.25) is 0 Å². The summed E-state index contributed by atoms with van der Waals surface area (Å²) in [4.78, 5) is 38.2. The van der Waals surface area contributed by atoms with Crippen LogP contribution in [0.2, 0.25) is 20.1 Å². The number of nitrogens with zero attached hydrogens (tertiary/aromatic N) is 1. The van der Waals surface area contributed by atoms with Crippen molar-refractivity contribution in [3.05, 3.63) is 98.1 Å². The predicted octanol–water partition coefficient (Wildman–Crippen LogP) is 5.89. The van der Waals surface area contributed by atoms with Gasteiger partial charge in [-0.25, -0.2) is 4.68 Å². The Hall–Kier alpha value is -3.23. The largest absolute Gasteiger partial charge is 0.344 e. The zero-order chi connectivity index (χ0) is 25.1. The number of aromatic nitrogens is 1. The molecule has 0 saturated heterocycles. The minimum absolute atomic E-state index is 0.0622. The molecule has 4 aromatic rings. The molecule has 11 heteroatoms. The lowest BCUT2D eigenvalue weighted by molar-refractivity contribution is -0.136. The quantitative estimate of drug-likeness (QED) is 0.271. The molecule has 178 valence electrons. The van der Waals surface area contributed by atoms with E-state index in [1.165, 1.54) is 10.7 Å². The Morgan fingerprint density at radius 2 is 1.46 bits per heavy atom. The van der Waals surface area contributed by atoms with Gasteiger partial charge in [-0.3, -0.25) is 19.8 Å². The summed E-state index contributed by atoms with van der Waals surface area (Å²) in [7, 11) is 0. The minimum atomic E-state index is -0.963. The van der Waals surface area contributed by atoms with Gasteiger partial charge in [0.1, 0.15) is 5.69 Å². The smallest absolute Gasteiger partial charge is 0.328 e. The van der Waals surface area contributed by atoms with E-state index < -0.39 is 17.7 Å². The molecule has 3 amide bonds. The van der Waals surface area contributed by atoms with Crippen LogP contribution in [0, 0.1) is 0 Å². The number of halogens is 4. The van der Waals surface area contributed by atoms with Gasteiger partial charge in [0.05, 0.1) is 15.6 Å². The number of nitrogens with one attached hydrogen (secondary N) is 3. The maximum absolute atomic E-state index is 13.1. The highest BCUT2D eigenvalue weighted by molar-refractivity contribution is 6.42. The van der Waals surface area contributed by atoms with Crippen molar-refractivity contribution < 1.29 is 14.4 Å². The molecule has 0 atom stereocenters. The molecular formula is C24H16Cl4N4O3. The summed E-state index contributed by atoms with van der Waals surface area (Å²) in [5, 5.41) is 7.42. The van der Waals surface area contributed by atoms with Crippen LogP contribution < -0.4 is 16.1 Å². The molecule has 0 aliphatic rings. The van der Waals surface area contributed by atoms with Gasteiger partial charge < -0.3 is 10.6 Å². The number of rotatable bonds is 5. The summed E-state index contributed by atoms with van der Waals surface area (Å²) in [6, 6.07) is 17.8. The number of carbonyl (C=O) groups excluding carboxylic acids is 3. The van der Waals surface area contributed by atoms with Crippen LogP contribution in [0.4, 0.5) is 5.69 Å². The second-order valence-corrected chi connectivity index (χ2v) is 9.09. The summed E-state index contributed by atoms with van der Waals surface area (Å²) < 4.78 is 1.22. The standard InChI is InChI=1S/C24H16Cl4N4O3/c25-15-3-1-13(2-4-15)12-29-23(34)24(35)31-32-20-8-5-16(26)9-14(20)10-21(32)22(33)30-17-6-7-18(27)19(28)11-17/h1-11H,12H2,(H,29,34)(H,30,33)(H,31,35). The predicted molar refractivity (Wildman–Crippen MR) is 139 cm³/mol. The second-order valence-electron chi connectivity index (χ2n) is 7.40. The Kier molecular flexibility index (Phi) is 7.52. The summed E-state index contributed by atoms with van der Waals surface area (Å²) in [6.45, 7) is 0.121. The van der Waals surface area contributed by atoms with Crippen LogP contribution in [0.15, 0.2) is 66.7 Å². The number of benzene rings is 3. The van der Waals surface area contributed by atoms with E-state index in [0.717, 1.165) is 5.56 Å². The van der Waals surface area contributed by atoms with Crippen molar-refractivity contribution in [2.45, 2.75) is 6.54 Å². The number of hydrogen-bond acceptors (Lipinski definition) is 3. The normalized spacial score (nSPS) is 10.7. The lowest BCUT2D eigenvalue weighted by Gasteiger charge is -2.13. The molecule has 7 nitrogen and oxygen atoms in total. The van der Waals surface area contributed by atoms with Crippen LogP contribution in [0.1, 0.15) is 16.1 Å². The van der Waals surface area contributed by atoms with E-state index in [1.54, 1.807) is 60.7 Å². The summed E-state index contributed by atoms with van der Waals surface area (Å²) in [6.07, 6.45) is 0. The number of fused-ring (bicyclic) bond motifs is 1. The third-order valence-electron chi connectivity index (χ3n) is 4.96. The molecule has 0 spiro atoms. The van der Waals surface area contributed by atoms with E-state index >= 15 is 0 Å². The molecule has 0 fully saturated rings. The van der Waals surface area contributed by atoms with Crippen LogP contribution in [-0.2, 0) is 16.1 Å². The molecule has 3 aromatic carbocycles. The van der Waals surface area contributed by atoms with E-state index in [1.807, 2.05) is 0 Å². The van der Waals surface area contributed by atoms with Crippen LogP contribution >= 0.6 is 46.4 Å². The van der Waals surface area contributed by atoms with Crippen molar-refractivity contribution in [2.24, 2.45) is 0 Å². The van der Waals surface area contributed by atoms with E-state index in [2.05, 4.69) is 16.1 Å². The molecule has 0 aliphatic carbocycles. The Morgan fingerprint density at radius 1 is 0.743 bits per heavy atom. The zero-order valence-electron chi connectivity index (χ0n) is 17.7. The van der Waals surface area contributed by atoms with Crippen molar-refractivity contribution in [3.63, 3.8) is 0 Å². The van der Waals surface area contributed by atoms with Gasteiger partial charge in [0.25, 0.3) is 5.91 Å². The number of anilines is 1. The summed E-state index contributed by atoms with van der Waals surface area (Å²) >= 11 is 23.9. The second kappa shape index (κ2) is 10.6. The fraction of sp³-hybridized carbons (Fsp3) is 0.0417. The van der Waals surface area contributed by atoms with Gasteiger partial charge in [-0.1, -0.05) is 58.5 Å². The lowest BCUT2D eigenvalue weighted by atomic mass is 10.2. The zero-order valence-corrected chi connectivity index (χ0v) is 20.8. The third kappa shape index (κ3) is 5.89. The van der Waals surface area contributed by atoms with Crippen LogP contribution in [0.5, 0.6) is 0 Å². The highest BCUT2D eigenvalue weighted by atomic mass is 35.5. The minimum Gasteiger partial charge on any atom is -0.344 e. The summed E-state index contributed by atoms with van der Waals surface area (Å²) in [5.74, 6) is -2.40. The molecule has 0 unspecified atom stereocenters. The van der Waals surface area contributed by atoms with Crippen LogP contribution in [0.25, 0.3) is 10.9 Å². The van der Waals surface area contributed by atoms with Gasteiger partial charge in [-0.05, 0) is 60.2 Å². The first kappa shape index (κ1) is 24.9. The first-order chi connectivity index (χ1) is 16.7. The SMILES string of the molecule is O=C(NCc1ccc(Cl)cc1)C(=O)Nn1c(C(=O)Nc2ccc(Cl)c(Cl)c2)cc2cc(Cl)ccc21. The van der Waals surface area contributed by atoms with E-state index in [-0.39, 0.29) is 17.3 Å². The molecule has 4 rings (SSSR count). The molecule has 0 bridgehead atoms. The fourth-order valence-electron chi connectivity index (χ4n) is 3.26. The van der Waals surface area contributed by atoms with Crippen molar-refractivity contribution in [3.8, 4) is 0 Å². The van der Waals surface area contributed by atoms with Crippen molar-refractivity contribution in [1.82, 2.24) is 9.99 Å². The highest BCUT2D eigenvalue weighted by Gasteiger charge is 2.21. The summed E-state index contributed by atoms with van der Waals surface area (Å²) in [5.41, 5.74) is 4.16. The molecule has 0 aliphatic heterocycles. The molecule has 1 aromatic heterocycles. The monoisotopic (exact) mass is 548 g/mol. The lowest BCUT2D eigenvalue weighted by Crippen LogP contribution is -2.39. The Morgan fingerprint density at radius 3 is 2.17 bits per heavy atom. The Labute approximate surface area is 219 Å². The van der Waals surface area contributed by atoms with Gasteiger partial charge >= 0.3 is 11.8 Å². The van der Waals surface area contributed by atoms with Gasteiger partial charge in [0.15, 0.2) is 0 Å². The maximum Gasteiger partial charge on any atom is 0.328 e. The Bertz CT molecular complexity index is 1450. The van der Waals surface area contributed by atoms with Crippen molar-refractivity contribution >= 4 is 80.7 Å². The third-order valence-corrected chi connectivity index (χ3v) is 6.19. The first-order valence-corrected chi connectivity index (χ1v) is 11.6. The highest BCUT2D eigenvalue weighted by Crippen LogP contribution is 2.27. The number of carbonyl (C=O) groups is 3. The van der Waals surface area contributed by atoms with Gasteiger partial charge in [0, 0.05) is 27.7 Å². The first-order valence-electron chi connectivity index (χ1n) is 10.1. The van der Waals surface area contributed by atoms with Crippen molar-refractivity contribution in [2.75, 3.05) is 10.7 Å². The van der Waals surface area contributed by atoms with E-state index in [4.69, 9.17) is 46.4 Å². The van der Waals surface area contributed by atoms with Crippen LogP contribution in [0.3, 0.4) is 0 Å². The van der Waals surface area contributed by atoms with E-state index in [9.17, 15) is 14.4 Å². The molecule has 1 heterocycles. The maximum atomic E-state index is 13.1. The Balaban J connectivity index is 1.56. The van der Waals surface area contributed by atoms with Crippen LogP contribution in [-0.4, -0.2) is 22.4 Å². The van der Waals surface area contributed by atoms with Crippen molar-refractivity contribution in [1.29, 1.82) is 0 Å². The number of amides is 3. The molecular weight excluding hydrogens is 534 g/mol. The van der Waals surface area contributed by atoms with Gasteiger partial charge in [-0.15, -0.1) is 0 Å². The topological polar surface area (TPSA) is 92.2 Å². The molecule has 3 N–H and O–H groups in total. The molecule has 35 heavy (non-hydrogen) atoms. The average molecular weight is 550 g/mol. The van der Waals surface area contributed by atoms with E-state index in [0.29, 0.717) is 31.7 Å². The average Bonchev–Trinajstić information content (AvgIpc) is 3.18. The van der Waals surface area contributed by atoms with Gasteiger partial charge in [-0.2, -0.15) is 0 Å². The number of hydrogen-bond donors (Lipinski definition) is 3.